The first-order valence-corrected chi connectivity index (χ1v) is 11.7. The van der Waals surface area contributed by atoms with Gasteiger partial charge in [-0.1, -0.05) is 43.9 Å². The van der Waals surface area contributed by atoms with Crippen LogP contribution >= 0.6 is 0 Å². The summed E-state index contributed by atoms with van der Waals surface area (Å²) in [6.45, 7) is 0. The molecule has 4 nitrogen and oxygen atoms in total. The highest BCUT2D eigenvalue weighted by Gasteiger charge is 2.44. The van der Waals surface area contributed by atoms with E-state index in [0.29, 0.717) is 23.8 Å². The molecule has 4 N–H and O–H groups in total. The number of aliphatic hydroxyl groups is 1. The zero-order valence-electron chi connectivity index (χ0n) is 17.1. The van der Waals surface area contributed by atoms with Crippen molar-refractivity contribution < 1.29 is 5.11 Å². The highest BCUT2D eigenvalue weighted by atomic mass is 16.3. The summed E-state index contributed by atoms with van der Waals surface area (Å²) in [7, 11) is 0. The number of nitrogen functional groups attached to an aromatic ring is 1. The molecule has 28 heavy (non-hydrogen) atoms. The van der Waals surface area contributed by atoms with Crippen molar-refractivity contribution in [2.24, 2.45) is 11.8 Å². The molecule has 4 aliphatic rings. The van der Waals surface area contributed by atoms with Crippen molar-refractivity contribution in [1.29, 1.82) is 0 Å². The van der Waals surface area contributed by atoms with Crippen LogP contribution in [0.5, 0.6) is 0 Å². The van der Waals surface area contributed by atoms with Crippen molar-refractivity contribution in [3.05, 3.63) is 29.8 Å². The Morgan fingerprint density at radius 3 is 2.18 bits per heavy atom. The first-order chi connectivity index (χ1) is 13.7. The van der Waals surface area contributed by atoms with Crippen LogP contribution in [0, 0.1) is 11.8 Å². The molecule has 0 radical (unpaired) electrons. The molecule has 2 saturated heterocycles. The summed E-state index contributed by atoms with van der Waals surface area (Å²) in [4.78, 5) is 2.97. The lowest BCUT2D eigenvalue weighted by Gasteiger charge is -2.55. The van der Waals surface area contributed by atoms with E-state index in [1.807, 2.05) is 24.3 Å². The zero-order valence-corrected chi connectivity index (χ0v) is 17.1. The van der Waals surface area contributed by atoms with Gasteiger partial charge in [0.1, 0.15) is 6.23 Å². The van der Waals surface area contributed by atoms with Crippen LogP contribution in [-0.4, -0.2) is 34.2 Å². The maximum atomic E-state index is 10.7. The minimum absolute atomic E-state index is 0.393. The number of para-hydroxylation sites is 1. The van der Waals surface area contributed by atoms with Gasteiger partial charge in [0.05, 0.1) is 0 Å². The molecule has 3 unspecified atom stereocenters. The summed E-state index contributed by atoms with van der Waals surface area (Å²) in [5, 5.41) is 14.3. The van der Waals surface area contributed by atoms with E-state index in [9.17, 15) is 5.11 Å². The Balaban J connectivity index is 1.26. The van der Waals surface area contributed by atoms with Crippen molar-refractivity contribution in [3.63, 3.8) is 0 Å². The standard InChI is InChI=1S/C24H37N3O/c25-23-10-2-1-9-22(23)24(28)26-18-14-19-7-4-8-20(15-18)27(19)21-12-16-5-3-6-17(11-16)13-21/h1-2,9-10,16-21,24,26,28H,3-8,11-15,25H2/t16-,17+,18?,19-,20+,21?,24?. The normalized spacial score (nSPS) is 39.5. The SMILES string of the molecule is Nc1ccccc1C(O)NC1C[C@H]2CCC[C@@H](C1)N2C1C[C@H]2CCC[C@@H](C1)C2. The topological polar surface area (TPSA) is 61.5 Å². The van der Waals surface area contributed by atoms with Crippen molar-refractivity contribution >= 4 is 5.69 Å². The zero-order chi connectivity index (χ0) is 19.1. The second kappa shape index (κ2) is 7.97. The highest BCUT2D eigenvalue weighted by Crippen LogP contribution is 2.45. The third kappa shape index (κ3) is 3.71. The third-order valence-electron chi connectivity index (χ3n) is 8.24. The number of hydrogen-bond acceptors (Lipinski definition) is 4. The number of benzene rings is 1. The minimum atomic E-state index is -0.660. The number of fused-ring (bicyclic) bond motifs is 4. The fraction of sp³-hybridized carbons (Fsp3) is 0.750. The molecule has 2 saturated carbocycles. The molecule has 2 aliphatic carbocycles. The van der Waals surface area contributed by atoms with E-state index in [0.717, 1.165) is 23.4 Å². The van der Waals surface area contributed by atoms with Gasteiger partial charge in [-0.15, -0.1) is 0 Å². The smallest absolute Gasteiger partial charge is 0.133 e. The van der Waals surface area contributed by atoms with Gasteiger partial charge >= 0.3 is 0 Å². The van der Waals surface area contributed by atoms with E-state index in [1.165, 1.54) is 70.6 Å². The van der Waals surface area contributed by atoms with Gasteiger partial charge in [-0.25, -0.2) is 0 Å². The summed E-state index contributed by atoms with van der Waals surface area (Å²) >= 11 is 0. The molecule has 7 atom stereocenters. The van der Waals surface area contributed by atoms with Gasteiger partial charge in [-0.2, -0.15) is 0 Å². The number of anilines is 1. The summed E-state index contributed by atoms with van der Waals surface area (Å²) in [5.74, 6) is 1.99. The number of rotatable bonds is 4. The Labute approximate surface area is 169 Å². The Kier molecular flexibility index (Phi) is 5.38. The fourth-order valence-corrected chi connectivity index (χ4v) is 7.16. The molecule has 154 valence electrons. The lowest BCUT2D eigenvalue weighted by Crippen LogP contribution is -2.61. The van der Waals surface area contributed by atoms with Gasteiger partial charge in [0, 0.05) is 35.4 Å². The second-order valence-corrected chi connectivity index (χ2v) is 10.1. The van der Waals surface area contributed by atoms with Gasteiger partial charge in [0.25, 0.3) is 0 Å². The summed E-state index contributed by atoms with van der Waals surface area (Å²) in [5.41, 5.74) is 7.56. The largest absolute Gasteiger partial charge is 0.398 e. The number of nitrogens with two attached hydrogens (primary N) is 1. The van der Waals surface area contributed by atoms with Gasteiger partial charge in [-0.3, -0.25) is 10.2 Å². The molecule has 2 heterocycles. The van der Waals surface area contributed by atoms with Crippen LogP contribution in [-0.2, 0) is 0 Å². The Hall–Kier alpha value is -1.10. The first-order valence-electron chi connectivity index (χ1n) is 11.7. The summed E-state index contributed by atoms with van der Waals surface area (Å²) in [6.07, 6.45) is 14.6. The van der Waals surface area contributed by atoms with E-state index >= 15 is 0 Å². The molecule has 0 aromatic heterocycles. The van der Waals surface area contributed by atoms with E-state index in [-0.39, 0.29) is 0 Å². The monoisotopic (exact) mass is 383 g/mol. The van der Waals surface area contributed by atoms with Gasteiger partial charge in [0.2, 0.25) is 0 Å². The first kappa shape index (κ1) is 18.9. The van der Waals surface area contributed by atoms with Crippen molar-refractivity contribution in [1.82, 2.24) is 10.2 Å². The predicted octanol–water partition coefficient (Wildman–Crippen LogP) is 4.20. The van der Waals surface area contributed by atoms with Crippen molar-refractivity contribution in [2.75, 3.05) is 5.73 Å². The number of nitrogens with one attached hydrogen (secondary N) is 1. The molecule has 4 heteroatoms. The quantitative estimate of drug-likeness (QED) is 0.539. The van der Waals surface area contributed by atoms with Crippen LogP contribution in [0.25, 0.3) is 0 Å². The molecular weight excluding hydrogens is 346 g/mol. The molecule has 0 spiro atoms. The van der Waals surface area contributed by atoms with Crippen molar-refractivity contribution in [3.8, 4) is 0 Å². The molecule has 2 aliphatic heterocycles. The number of piperidine rings is 2. The molecule has 0 amide bonds. The van der Waals surface area contributed by atoms with Crippen LogP contribution < -0.4 is 11.1 Å². The molecule has 4 bridgehead atoms. The number of hydrogen-bond donors (Lipinski definition) is 3. The molecular formula is C24H37N3O. The maximum absolute atomic E-state index is 10.7. The lowest BCUT2D eigenvalue weighted by atomic mass is 9.68. The Morgan fingerprint density at radius 1 is 0.857 bits per heavy atom. The summed E-state index contributed by atoms with van der Waals surface area (Å²) in [6, 6.07) is 10.3. The molecule has 1 aromatic carbocycles. The van der Waals surface area contributed by atoms with Crippen LogP contribution in [0.3, 0.4) is 0 Å². The minimum Gasteiger partial charge on any atom is -0.398 e. The summed E-state index contributed by atoms with van der Waals surface area (Å²) < 4.78 is 0. The van der Waals surface area contributed by atoms with Gasteiger partial charge in [-0.05, 0) is 62.8 Å². The molecule has 5 rings (SSSR count). The predicted molar refractivity (Wildman–Crippen MR) is 114 cm³/mol. The number of nitrogens with zero attached hydrogens (tertiary/aromatic N) is 1. The van der Waals surface area contributed by atoms with Gasteiger partial charge < -0.3 is 10.8 Å². The van der Waals surface area contributed by atoms with E-state index < -0.39 is 6.23 Å². The number of aliphatic hydroxyl groups excluding tert-OH is 1. The Bertz CT molecular complexity index is 654. The van der Waals surface area contributed by atoms with Gasteiger partial charge in [0.15, 0.2) is 0 Å². The van der Waals surface area contributed by atoms with Crippen molar-refractivity contribution in [2.45, 2.75) is 101 Å². The average Bonchev–Trinajstić information content (AvgIpc) is 2.67. The average molecular weight is 384 g/mol. The maximum Gasteiger partial charge on any atom is 0.133 e. The lowest BCUT2D eigenvalue weighted by molar-refractivity contribution is -0.0500. The van der Waals surface area contributed by atoms with E-state index in [2.05, 4.69) is 10.2 Å². The highest BCUT2D eigenvalue weighted by molar-refractivity contribution is 5.47. The van der Waals surface area contributed by atoms with Crippen LogP contribution in [0.4, 0.5) is 5.69 Å². The van der Waals surface area contributed by atoms with Crippen LogP contribution in [0.1, 0.15) is 82.4 Å². The molecule has 1 aromatic rings. The second-order valence-electron chi connectivity index (χ2n) is 10.1. The fourth-order valence-electron chi connectivity index (χ4n) is 7.16. The van der Waals surface area contributed by atoms with Crippen LogP contribution in [0.15, 0.2) is 24.3 Å². The van der Waals surface area contributed by atoms with Crippen LogP contribution in [0.2, 0.25) is 0 Å². The third-order valence-corrected chi connectivity index (χ3v) is 8.24. The molecule has 4 fully saturated rings. The van der Waals surface area contributed by atoms with E-state index in [4.69, 9.17) is 5.73 Å². The Morgan fingerprint density at radius 2 is 1.50 bits per heavy atom. The van der Waals surface area contributed by atoms with E-state index in [1.54, 1.807) is 0 Å².